The second kappa shape index (κ2) is 7.06. The van der Waals surface area contributed by atoms with Crippen molar-refractivity contribution >= 4 is 15.7 Å². The first-order chi connectivity index (χ1) is 9.24. The molecule has 0 aliphatic heterocycles. The molecule has 0 amide bonds. The molecule has 114 valence electrons. The molecule has 0 atom stereocenters. The van der Waals surface area contributed by atoms with E-state index in [2.05, 4.69) is 23.5 Å². The summed E-state index contributed by atoms with van der Waals surface area (Å²) in [7, 11) is -1.42. The Morgan fingerprint density at radius 3 is 2.55 bits per heavy atom. The predicted molar refractivity (Wildman–Crippen MR) is 83.2 cm³/mol. The molecular weight excluding hydrogens is 274 g/mol. The van der Waals surface area contributed by atoms with Crippen LogP contribution in [0, 0.1) is 6.92 Å². The van der Waals surface area contributed by atoms with Gasteiger partial charge in [-0.2, -0.15) is 0 Å². The SMILES string of the molecule is Cc1cc(N)ccc1S(=O)(=O)NCCCN(C)C(C)C. The molecule has 0 aliphatic carbocycles. The molecule has 6 heteroatoms. The van der Waals surface area contributed by atoms with Crippen LogP contribution in [-0.2, 0) is 10.0 Å². The summed E-state index contributed by atoms with van der Waals surface area (Å²) in [6.07, 6.45) is 0.780. The van der Waals surface area contributed by atoms with Gasteiger partial charge in [0.25, 0.3) is 0 Å². The third kappa shape index (κ3) is 4.77. The molecule has 1 rings (SSSR count). The average Bonchev–Trinajstić information content (AvgIpc) is 2.33. The van der Waals surface area contributed by atoms with Crippen LogP contribution in [0.5, 0.6) is 0 Å². The Morgan fingerprint density at radius 1 is 1.35 bits per heavy atom. The van der Waals surface area contributed by atoms with E-state index >= 15 is 0 Å². The second-order valence-corrected chi connectivity index (χ2v) is 7.09. The number of hydrogen-bond donors (Lipinski definition) is 2. The number of nitrogens with one attached hydrogen (secondary N) is 1. The van der Waals surface area contributed by atoms with Crippen molar-refractivity contribution in [3.05, 3.63) is 23.8 Å². The second-order valence-electron chi connectivity index (χ2n) is 5.35. The van der Waals surface area contributed by atoms with Crippen molar-refractivity contribution in [2.45, 2.75) is 38.1 Å². The van der Waals surface area contributed by atoms with E-state index in [1.807, 2.05) is 7.05 Å². The molecule has 20 heavy (non-hydrogen) atoms. The van der Waals surface area contributed by atoms with Gasteiger partial charge in [0.2, 0.25) is 10.0 Å². The summed E-state index contributed by atoms with van der Waals surface area (Å²) in [5, 5.41) is 0. The number of hydrogen-bond acceptors (Lipinski definition) is 4. The Hall–Kier alpha value is -1.11. The minimum Gasteiger partial charge on any atom is -0.399 e. The van der Waals surface area contributed by atoms with Gasteiger partial charge in [-0.1, -0.05) is 0 Å². The zero-order valence-electron chi connectivity index (χ0n) is 12.7. The van der Waals surface area contributed by atoms with Gasteiger partial charge in [0, 0.05) is 18.3 Å². The fourth-order valence-electron chi connectivity index (χ4n) is 1.85. The van der Waals surface area contributed by atoms with Crippen LogP contribution in [0.2, 0.25) is 0 Å². The summed E-state index contributed by atoms with van der Waals surface area (Å²) in [4.78, 5) is 2.48. The molecule has 0 saturated carbocycles. The van der Waals surface area contributed by atoms with Gasteiger partial charge in [0.1, 0.15) is 0 Å². The Labute approximate surface area is 122 Å². The summed E-state index contributed by atoms with van der Waals surface area (Å²) < 4.78 is 27.0. The number of anilines is 1. The van der Waals surface area contributed by atoms with E-state index in [4.69, 9.17) is 5.73 Å². The molecule has 0 heterocycles. The number of rotatable bonds is 7. The van der Waals surface area contributed by atoms with E-state index in [-0.39, 0.29) is 0 Å². The van der Waals surface area contributed by atoms with Crippen LogP contribution in [0.25, 0.3) is 0 Å². The number of nitrogens with zero attached hydrogens (tertiary/aromatic N) is 1. The number of nitrogens with two attached hydrogens (primary N) is 1. The highest BCUT2D eigenvalue weighted by atomic mass is 32.2. The summed E-state index contributed by atoms with van der Waals surface area (Å²) >= 11 is 0. The summed E-state index contributed by atoms with van der Waals surface area (Å²) in [6.45, 7) is 7.27. The van der Waals surface area contributed by atoms with Crippen molar-refractivity contribution in [3.8, 4) is 0 Å². The molecule has 0 saturated heterocycles. The van der Waals surface area contributed by atoms with E-state index in [1.54, 1.807) is 25.1 Å². The quantitative estimate of drug-likeness (QED) is 0.592. The highest BCUT2D eigenvalue weighted by molar-refractivity contribution is 7.89. The van der Waals surface area contributed by atoms with Crippen molar-refractivity contribution < 1.29 is 8.42 Å². The molecule has 1 aromatic rings. The lowest BCUT2D eigenvalue weighted by atomic mass is 10.2. The Morgan fingerprint density at radius 2 is 2.00 bits per heavy atom. The summed E-state index contributed by atoms with van der Waals surface area (Å²) in [5.74, 6) is 0. The van der Waals surface area contributed by atoms with Crippen LogP contribution in [-0.4, -0.2) is 39.5 Å². The topological polar surface area (TPSA) is 75.4 Å². The van der Waals surface area contributed by atoms with E-state index in [0.29, 0.717) is 28.7 Å². The average molecular weight is 299 g/mol. The van der Waals surface area contributed by atoms with Crippen molar-refractivity contribution in [2.24, 2.45) is 0 Å². The Balaban J connectivity index is 2.58. The molecule has 0 aliphatic rings. The normalized spacial score (nSPS) is 12.3. The van der Waals surface area contributed by atoms with Gasteiger partial charge >= 0.3 is 0 Å². The molecule has 0 spiro atoms. The van der Waals surface area contributed by atoms with E-state index in [9.17, 15) is 8.42 Å². The number of aryl methyl sites for hydroxylation is 1. The first kappa shape index (κ1) is 16.9. The molecule has 5 nitrogen and oxygen atoms in total. The summed E-state index contributed by atoms with van der Waals surface area (Å²) in [5.41, 5.74) is 6.87. The standard InChI is InChI=1S/C14H25N3O2S/c1-11(2)17(4)9-5-8-16-20(18,19)14-7-6-13(15)10-12(14)3/h6-7,10-11,16H,5,8-9,15H2,1-4H3. The molecule has 0 aromatic heterocycles. The van der Waals surface area contributed by atoms with Gasteiger partial charge < -0.3 is 10.6 Å². The van der Waals surface area contributed by atoms with Crippen LogP contribution in [0.1, 0.15) is 25.8 Å². The molecule has 0 radical (unpaired) electrons. The minimum atomic E-state index is -3.45. The fourth-order valence-corrected chi connectivity index (χ4v) is 3.14. The summed E-state index contributed by atoms with van der Waals surface area (Å²) in [6, 6.07) is 5.29. The van der Waals surface area contributed by atoms with Crippen LogP contribution in [0.4, 0.5) is 5.69 Å². The van der Waals surface area contributed by atoms with Crippen molar-refractivity contribution in [1.29, 1.82) is 0 Å². The Kier molecular flexibility index (Phi) is 5.98. The van der Waals surface area contributed by atoms with Gasteiger partial charge in [-0.15, -0.1) is 0 Å². The largest absolute Gasteiger partial charge is 0.399 e. The highest BCUT2D eigenvalue weighted by Crippen LogP contribution is 2.17. The van der Waals surface area contributed by atoms with Gasteiger partial charge in [-0.05, 0) is 64.5 Å². The number of nitrogen functional groups attached to an aromatic ring is 1. The van der Waals surface area contributed by atoms with Crippen molar-refractivity contribution in [2.75, 3.05) is 25.9 Å². The minimum absolute atomic E-state index is 0.295. The van der Waals surface area contributed by atoms with Crippen LogP contribution in [0.15, 0.2) is 23.1 Å². The maximum absolute atomic E-state index is 12.2. The molecule has 3 N–H and O–H groups in total. The van der Waals surface area contributed by atoms with Crippen LogP contribution in [0.3, 0.4) is 0 Å². The van der Waals surface area contributed by atoms with Crippen LogP contribution >= 0.6 is 0 Å². The lowest BCUT2D eigenvalue weighted by Crippen LogP contribution is -2.31. The van der Waals surface area contributed by atoms with Crippen molar-refractivity contribution in [3.63, 3.8) is 0 Å². The van der Waals surface area contributed by atoms with E-state index < -0.39 is 10.0 Å². The van der Waals surface area contributed by atoms with Gasteiger partial charge in [-0.3, -0.25) is 0 Å². The number of benzene rings is 1. The smallest absolute Gasteiger partial charge is 0.240 e. The monoisotopic (exact) mass is 299 g/mol. The highest BCUT2D eigenvalue weighted by Gasteiger charge is 2.16. The molecule has 0 unspecified atom stereocenters. The zero-order chi connectivity index (χ0) is 15.3. The van der Waals surface area contributed by atoms with E-state index in [1.165, 1.54) is 0 Å². The molecule has 0 bridgehead atoms. The van der Waals surface area contributed by atoms with Gasteiger partial charge in [0.15, 0.2) is 0 Å². The lowest BCUT2D eigenvalue weighted by Gasteiger charge is -2.20. The maximum Gasteiger partial charge on any atom is 0.240 e. The van der Waals surface area contributed by atoms with Crippen molar-refractivity contribution in [1.82, 2.24) is 9.62 Å². The first-order valence-electron chi connectivity index (χ1n) is 6.80. The van der Waals surface area contributed by atoms with Crippen LogP contribution < -0.4 is 10.5 Å². The van der Waals surface area contributed by atoms with Gasteiger partial charge in [0.05, 0.1) is 4.90 Å². The zero-order valence-corrected chi connectivity index (χ0v) is 13.5. The maximum atomic E-state index is 12.2. The van der Waals surface area contributed by atoms with E-state index in [0.717, 1.165) is 13.0 Å². The number of sulfonamides is 1. The van der Waals surface area contributed by atoms with Gasteiger partial charge in [-0.25, -0.2) is 13.1 Å². The third-order valence-electron chi connectivity index (χ3n) is 3.35. The molecular formula is C14H25N3O2S. The lowest BCUT2D eigenvalue weighted by molar-refractivity contribution is 0.271. The first-order valence-corrected chi connectivity index (χ1v) is 8.28. The molecule has 0 fully saturated rings. The predicted octanol–water partition coefficient (Wildman–Crippen LogP) is 1.59. The Bertz CT molecular complexity index is 541. The fraction of sp³-hybridized carbons (Fsp3) is 0.571. The third-order valence-corrected chi connectivity index (χ3v) is 4.97. The molecule has 1 aromatic carbocycles.